The first-order valence-corrected chi connectivity index (χ1v) is 10.7. The molecule has 1 amide bonds. The van der Waals surface area contributed by atoms with Crippen molar-refractivity contribution in [2.75, 3.05) is 5.75 Å². The van der Waals surface area contributed by atoms with Crippen molar-refractivity contribution in [1.29, 1.82) is 0 Å². The summed E-state index contributed by atoms with van der Waals surface area (Å²) in [5.41, 5.74) is 13.8. The van der Waals surface area contributed by atoms with Gasteiger partial charge in [0.2, 0.25) is 0 Å². The molecule has 2 aliphatic rings. The lowest BCUT2D eigenvalue weighted by atomic mass is 9.92. The van der Waals surface area contributed by atoms with Gasteiger partial charge in [0.1, 0.15) is 5.82 Å². The molecule has 4 N–H and O–H groups in total. The van der Waals surface area contributed by atoms with Gasteiger partial charge >= 0.3 is 0 Å². The largest absolute Gasteiger partial charge is 0.364 e. The Balaban J connectivity index is 1.74. The van der Waals surface area contributed by atoms with Gasteiger partial charge in [0, 0.05) is 34.7 Å². The quantitative estimate of drug-likeness (QED) is 0.706. The normalized spacial score (nSPS) is 25.0. The average molecular weight is 395 g/mol. The number of carbonyl (C=O) groups excluding carboxylic acids is 1. The molecule has 1 atom stereocenters. The van der Waals surface area contributed by atoms with Gasteiger partial charge in [-0.25, -0.2) is 9.97 Å². The van der Waals surface area contributed by atoms with Crippen molar-refractivity contribution in [3.63, 3.8) is 0 Å². The molecule has 0 spiro atoms. The molecule has 0 saturated heterocycles. The number of hydrogen-bond donors (Lipinski definition) is 2. The molecule has 8 heteroatoms. The molecule has 28 heavy (non-hydrogen) atoms. The van der Waals surface area contributed by atoms with Crippen LogP contribution < -0.4 is 11.5 Å². The second-order valence-electron chi connectivity index (χ2n) is 7.62. The van der Waals surface area contributed by atoms with Crippen molar-refractivity contribution in [3.05, 3.63) is 41.3 Å². The summed E-state index contributed by atoms with van der Waals surface area (Å²) in [6.07, 6.45) is 7.78. The van der Waals surface area contributed by atoms with Gasteiger partial charge in [0.15, 0.2) is 5.69 Å². The van der Waals surface area contributed by atoms with E-state index in [9.17, 15) is 4.79 Å². The molecular weight excluding hydrogens is 372 g/mol. The summed E-state index contributed by atoms with van der Waals surface area (Å²) >= 11 is 1.77. The molecule has 1 aromatic carbocycles. The smallest absolute Gasteiger partial charge is 0.269 e. The fourth-order valence-electron chi connectivity index (χ4n) is 4.23. The Bertz CT molecular complexity index is 1100. The molecular formula is C20H22N6OS. The molecule has 0 bridgehead atoms. The number of benzene rings is 1. The Morgan fingerprint density at radius 2 is 2.04 bits per heavy atom. The van der Waals surface area contributed by atoms with Gasteiger partial charge in [0.05, 0.1) is 17.1 Å². The number of carbonyl (C=O) groups is 1. The molecule has 1 aliphatic carbocycles. The number of hydrogen-bond acceptors (Lipinski definition) is 6. The van der Waals surface area contributed by atoms with Crippen LogP contribution in [0.4, 0.5) is 0 Å². The van der Waals surface area contributed by atoms with Crippen LogP contribution in [0.25, 0.3) is 21.8 Å². The number of amides is 1. The Labute approximate surface area is 166 Å². The number of fused-ring (bicyclic) bond motifs is 3. The number of nitrogens with two attached hydrogens (primary N) is 2. The molecule has 3 heterocycles. The predicted molar refractivity (Wildman–Crippen MR) is 111 cm³/mol. The first-order chi connectivity index (χ1) is 13.6. The van der Waals surface area contributed by atoms with E-state index in [1.54, 1.807) is 11.8 Å². The van der Waals surface area contributed by atoms with E-state index in [1.165, 1.54) is 0 Å². The van der Waals surface area contributed by atoms with E-state index < -0.39 is 5.91 Å². The van der Waals surface area contributed by atoms with Gasteiger partial charge in [-0.2, -0.15) is 5.10 Å². The van der Waals surface area contributed by atoms with Gasteiger partial charge in [-0.15, -0.1) is 11.8 Å². The highest BCUT2D eigenvalue weighted by atomic mass is 32.2. The summed E-state index contributed by atoms with van der Waals surface area (Å²) in [4.78, 5) is 21.5. The predicted octanol–water partition coefficient (Wildman–Crippen LogP) is 2.86. The molecule has 1 fully saturated rings. The van der Waals surface area contributed by atoms with Crippen LogP contribution in [0.5, 0.6) is 0 Å². The zero-order valence-corrected chi connectivity index (χ0v) is 16.2. The molecule has 144 valence electrons. The third-order valence-electron chi connectivity index (χ3n) is 5.77. The van der Waals surface area contributed by atoms with E-state index in [0.29, 0.717) is 5.69 Å². The van der Waals surface area contributed by atoms with E-state index in [2.05, 4.69) is 21.6 Å². The van der Waals surface area contributed by atoms with Crippen LogP contribution in [0.1, 0.15) is 54.0 Å². The Hall–Kier alpha value is -2.45. The van der Waals surface area contributed by atoms with Crippen molar-refractivity contribution in [2.45, 2.75) is 43.7 Å². The van der Waals surface area contributed by atoms with Crippen molar-refractivity contribution in [2.24, 2.45) is 11.5 Å². The second kappa shape index (κ2) is 6.86. The fraction of sp³-hybridized carbons (Fsp3) is 0.400. The SMILES string of the molecule is NC(=O)c1nn(C2CCC(N)CC2)c2c1ccc1cnc(C3C=CSC3)nc12. The van der Waals surface area contributed by atoms with E-state index in [4.69, 9.17) is 16.5 Å². The molecule has 7 nitrogen and oxygen atoms in total. The molecule has 3 aromatic rings. The van der Waals surface area contributed by atoms with Crippen LogP contribution in [0, 0.1) is 0 Å². The minimum absolute atomic E-state index is 0.196. The number of primary amides is 1. The zero-order chi connectivity index (χ0) is 19.3. The summed E-state index contributed by atoms with van der Waals surface area (Å²) in [6.45, 7) is 0. The van der Waals surface area contributed by atoms with Crippen LogP contribution in [0.3, 0.4) is 0 Å². The van der Waals surface area contributed by atoms with Crippen molar-refractivity contribution in [3.8, 4) is 0 Å². The maximum absolute atomic E-state index is 12.1. The Kier molecular flexibility index (Phi) is 4.32. The van der Waals surface area contributed by atoms with Crippen molar-refractivity contribution < 1.29 is 4.79 Å². The lowest BCUT2D eigenvalue weighted by Gasteiger charge is -2.27. The summed E-state index contributed by atoms with van der Waals surface area (Å²) in [7, 11) is 0. The number of aromatic nitrogens is 4. The second-order valence-corrected chi connectivity index (χ2v) is 8.56. The van der Waals surface area contributed by atoms with Crippen molar-refractivity contribution in [1.82, 2.24) is 19.7 Å². The van der Waals surface area contributed by atoms with Gasteiger partial charge in [0.25, 0.3) is 5.91 Å². The van der Waals surface area contributed by atoms with E-state index in [0.717, 1.165) is 59.1 Å². The molecule has 1 unspecified atom stereocenters. The lowest BCUT2D eigenvalue weighted by Crippen LogP contribution is -2.28. The van der Waals surface area contributed by atoms with Crippen molar-refractivity contribution >= 4 is 39.5 Å². The average Bonchev–Trinajstić information content (AvgIpc) is 3.36. The number of rotatable bonds is 3. The molecule has 1 aliphatic heterocycles. The van der Waals surface area contributed by atoms with Gasteiger partial charge < -0.3 is 11.5 Å². The highest BCUT2D eigenvalue weighted by Gasteiger charge is 2.26. The van der Waals surface area contributed by atoms with E-state index in [1.807, 2.05) is 23.0 Å². The molecule has 5 rings (SSSR count). The van der Waals surface area contributed by atoms with Crippen LogP contribution in [0.15, 0.2) is 29.8 Å². The van der Waals surface area contributed by atoms with Crippen LogP contribution >= 0.6 is 11.8 Å². The van der Waals surface area contributed by atoms with E-state index >= 15 is 0 Å². The van der Waals surface area contributed by atoms with Crippen LogP contribution in [0.2, 0.25) is 0 Å². The minimum atomic E-state index is -0.514. The summed E-state index contributed by atoms with van der Waals surface area (Å²) in [6, 6.07) is 4.28. The monoisotopic (exact) mass is 394 g/mol. The highest BCUT2D eigenvalue weighted by Crippen LogP contribution is 2.35. The third kappa shape index (κ3) is 2.87. The fourth-order valence-corrected chi connectivity index (χ4v) is 5.11. The summed E-state index contributed by atoms with van der Waals surface area (Å²) < 4.78 is 1.97. The minimum Gasteiger partial charge on any atom is -0.364 e. The number of thioether (sulfide) groups is 1. The standard InChI is InChI=1S/C20H22N6OS/c21-13-2-4-14(5-3-13)26-18-15(17(25-26)19(22)27)6-1-11-9-23-20(24-16(11)18)12-7-8-28-10-12/h1,6-9,12-14H,2-5,10,21H2,(H2,22,27). The number of nitrogens with zero attached hydrogens (tertiary/aromatic N) is 4. The Morgan fingerprint density at radius 3 is 2.75 bits per heavy atom. The molecule has 0 radical (unpaired) electrons. The van der Waals surface area contributed by atoms with E-state index in [-0.39, 0.29) is 18.0 Å². The summed E-state index contributed by atoms with van der Waals surface area (Å²) in [5, 5.41) is 8.43. The molecule has 1 saturated carbocycles. The van der Waals surface area contributed by atoms with Gasteiger partial charge in [-0.05, 0) is 37.2 Å². The highest BCUT2D eigenvalue weighted by molar-refractivity contribution is 8.02. The number of allylic oxidation sites excluding steroid dienone is 1. The maximum atomic E-state index is 12.1. The molecule has 2 aromatic heterocycles. The summed E-state index contributed by atoms with van der Waals surface area (Å²) in [5.74, 6) is 1.46. The maximum Gasteiger partial charge on any atom is 0.269 e. The van der Waals surface area contributed by atoms with Gasteiger partial charge in [-0.1, -0.05) is 12.1 Å². The van der Waals surface area contributed by atoms with Gasteiger partial charge in [-0.3, -0.25) is 9.48 Å². The van der Waals surface area contributed by atoms with Crippen LogP contribution in [-0.2, 0) is 0 Å². The first-order valence-electron chi connectivity index (χ1n) is 9.63. The Morgan fingerprint density at radius 1 is 1.21 bits per heavy atom. The topological polar surface area (TPSA) is 113 Å². The first kappa shape index (κ1) is 17.6. The lowest BCUT2D eigenvalue weighted by molar-refractivity contribution is 0.0995. The van der Waals surface area contributed by atoms with Crippen LogP contribution in [-0.4, -0.2) is 37.5 Å². The zero-order valence-electron chi connectivity index (χ0n) is 15.4. The third-order valence-corrected chi connectivity index (χ3v) is 6.67.